The van der Waals surface area contributed by atoms with E-state index < -0.39 is 0 Å². The quantitative estimate of drug-likeness (QED) is 0.721. The van der Waals surface area contributed by atoms with Crippen LogP contribution in [0, 0.1) is 0 Å². The highest BCUT2D eigenvalue weighted by Crippen LogP contribution is 2.34. The van der Waals surface area contributed by atoms with Crippen molar-refractivity contribution in [3.05, 3.63) is 83.4 Å². The van der Waals surface area contributed by atoms with Crippen LogP contribution in [0.3, 0.4) is 0 Å². The summed E-state index contributed by atoms with van der Waals surface area (Å²) >= 11 is 0. The summed E-state index contributed by atoms with van der Waals surface area (Å²) in [5.41, 5.74) is 3.95. The van der Waals surface area contributed by atoms with Crippen molar-refractivity contribution >= 4 is 16.7 Å². The first-order valence-corrected chi connectivity index (χ1v) is 9.68. The average molecular weight is 358 g/mol. The molecule has 1 aliphatic rings. The minimum atomic E-state index is -0.0205. The van der Waals surface area contributed by atoms with Crippen LogP contribution in [0.2, 0.25) is 0 Å². The lowest BCUT2D eigenvalue weighted by atomic mass is 9.99. The van der Waals surface area contributed by atoms with E-state index in [1.165, 1.54) is 21.9 Å². The van der Waals surface area contributed by atoms with Gasteiger partial charge in [0, 0.05) is 6.04 Å². The van der Waals surface area contributed by atoms with Crippen LogP contribution in [0.5, 0.6) is 0 Å². The molecular weight excluding hydrogens is 332 g/mol. The van der Waals surface area contributed by atoms with Crippen molar-refractivity contribution in [2.24, 2.45) is 0 Å². The second-order valence-corrected chi connectivity index (χ2v) is 7.53. The van der Waals surface area contributed by atoms with E-state index in [1.54, 1.807) is 0 Å². The molecule has 3 nitrogen and oxygen atoms in total. The third-order valence-electron chi connectivity index (χ3n) is 5.69. The Morgan fingerprint density at radius 1 is 1.07 bits per heavy atom. The monoisotopic (exact) mass is 358 g/mol. The second kappa shape index (κ2) is 7.53. The first kappa shape index (κ1) is 17.7. The van der Waals surface area contributed by atoms with Gasteiger partial charge in [0.05, 0.1) is 12.6 Å². The minimum absolute atomic E-state index is 0.0205. The third kappa shape index (κ3) is 3.60. The summed E-state index contributed by atoms with van der Waals surface area (Å²) in [4.78, 5) is 14.9. The first-order valence-electron chi connectivity index (χ1n) is 9.68. The minimum Gasteiger partial charge on any atom is -0.348 e. The number of hydrogen-bond acceptors (Lipinski definition) is 2. The van der Waals surface area contributed by atoms with Crippen LogP contribution in [-0.2, 0) is 11.2 Å². The summed E-state index contributed by atoms with van der Waals surface area (Å²) in [6.45, 7) is 2.47. The molecule has 0 fully saturated rings. The molecule has 27 heavy (non-hydrogen) atoms. The highest BCUT2D eigenvalue weighted by atomic mass is 16.2. The number of nitrogens with one attached hydrogen (secondary N) is 1. The summed E-state index contributed by atoms with van der Waals surface area (Å²) in [7, 11) is 2.05. The SMILES string of the molecule is CC(NC(=O)CN(C)C1CCc2ccccc21)c1cccc2ccccc12. The Morgan fingerprint density at radius 3 is 2.70 bits per heavy atom. The van der Waals surface area contributed by atoms with Gasteiger partial charge in [0.15, 0.2) is 0 Å². The summed E-state index contributed by atoms with van der Waals surface area (Å²) in [6, 6.07) is 23.5. The van der Waals surface area contributed by atoms with Crippen LogP contribution in [0.1, 0.15) is 42.1 Å². The Bertz CT molecular complexity index is 960. The summed E-state index contributed by atoms with van der Waals surface area (Å²) in [5.74, 6) is 0.0716. The van der Waals surface area contributed by atoms with Gasteiger partial charge >= 0.3 is 0 Å². The molecule has 0 aromatic heterocycles. The highest BCUT2D eigenvalue weighted by molar-refractivity contribution is 5.87. The van der Waals surface area contributed by atoms with Crippen LogP contribution < -0.4 is 5.32 Å². The number of hydrogen-bond donors (Lipinski definition) is 1. The average Bonchev–Trinajstić information content (AvgIpc) is 3.11. The number of benzene rings is 3. The number of nitrogens with zero attached hydrogens (tertiary/aromatic N) is 1. The van der Waals surface area contributed by atoms with Crippen molar-refractivity contribution in [2.45, 2.75) is 31.8 Å². The van der Waals surface area contributed by atoms with Gasteiger partial charge in [0.25, 0.3) is 0 Å². The lowest BCUT2D eigenvalue weighted by molar-refractivity contribution is -0.123. The molecule has 1 amide bonds. The number of carbonyl (C=O) groups excluding carboxylic acids is 1. The molecule has 0 aliphatic heterocycles. The fourth-order valence-electron chi connectivity index (χ4n) is 4.32. The van der Waals surface area contributed by atoms with Gasteiger partial charge in [0.1, 0.15) is 0 Å². The maximum absolute atomic E-state index is 12.7. The number of amides is 1. The Balaban J connectivity index is 1.43. The number of carbonyl (C=O) groups is 1. The van der Waals surface area contributed by atoms with E-state index >= 15 is 0 Å². The predicted octanol–water partition coefficient (Wildman–Crippen LogP) is 4.64. The number of aryl methyl sites for hydroxylation is 1. The standard InChI is InChI=1S/C24H26N2O/c1-17(20-13-7-10-18-8-3-5-11-21(18)20)25-24(27)16-26(2)23-15-14-19-9-4-6-12-22(19)23/h3-13,17,23H,14-16H2,1-2H3,(H,25,27). The zero-order valence-electron chi connectivity index (χ0n) is 16.0. The van der Waals surface area contributed by atoms with E-state index in [1.807, 2.05) is 12.1 Å². The third-order valence-corrected chi connectivity index (χ3v) is 5.69. The number of likely N-dealkylation sites (N-methyl/N-ethyl adjacent to an activating group) is 1. The Hall–Kier alpha value is -2.65. The van der Waals surface area contributed by atoms with Gasteiger partial charge in [-0.05, 0) is 54.3 Å². The highest BCUT2D eigenvalue weighted by Gasteiger charge is 2.26. The van der Waals surface area contributed by atoms with Gasteiger partial charge in [-0.25, -0.2) is 0 Å². The summed E-state index contributed by atoms with van der Waals surface area (Å²) in [5, 5.41) is 5.59. The van der Waals surface area contributed by atoms with Crippen LogP contribution in [0.15, 0.2) is 66.7 Å². The molecule has 0 bridgehead atoms. The molecule has 0 spiro atoms. The van der Waals surface area contributed by atoms with E-state index in [4.69, 9.17) is 0 Å². The zero-order valence-corrected chi connectivity index (χ0v) is 16.0. The molecule has 0 radical (unpaired) electrons. The Morgan fingerprint density at radius 2 is 1.81 bits per heavy atom. The smallest absolute Gasteiger partial charge is 0.234 e. The molecule has 1 N–H and O–H groups in total. The molecule has 0 saturated carbocycles. The van der Waals surface area contributed by atoms with Crippen LogP contribution in [-0.4, -0.2) is 24.4 Å². The molecular formula is C24H26N2O. The van der Waals surface area contributed by atoms with Crippen LogP contribution in [0.4, 0.5) is 0 Å². The molecule has 4 rings (SSSR count). The second-order valence-electron chi connectivity index (χ2n) is 7.53. The van der Waals surface area contributed by atoms with Crippen molar-refractivity contribution in [1.29, 1.82) is 0 Å². The summed E-state index contributed by atoms with van der Waals surface area (Å²) < 4.78 is 0. The van der Waals surface area contributed by atoms with Gasteiger partial charge in [-0.1, -0.05) is 66.7 Å². The van der Waals surface area contributed by atoms with Gasteiger partial charge in [-0.2, -0.15) is 0 Å². The molecule has 0 saturated heterocycles. The van der Waals surface area contributed by atoms with Crippen molar-refractivity contribution in [3.8, 4) is 0 Å². The van der Waals surface area contributed by atoms with Crippen molar-refractivity contribution in [3.63, 3.8) is 0 Å². The maximum Gasteiger partial charge on any atom is 0.234 e. The van der Waals surface area contributed by atoms with Crippen molar-refractivity contribution < 1.29 is 4.79 Å². The van der Waals surface area contributed by atoms with E-state index in [9.17, 15) is 4.79 Å². The van der Waals surface area contributed by atoms with Crippen LogP contribution >= 0.6 is 0 Å². The molecule has 138 valence electrons. The molecule has 3 heteroatoms. The van der Waals surface area contributed by atoms with E-state index in [0.29, 0.717) is 12.6 Å². The van der Waals surface area contributed by atoms with E-state index in [0.717, 1.165) is 18.4 Å². The molecule has 0 heterocycles. The Kier molecular flexibility index (Phi) is 4.95. The fourth-order valence-corrected chi connectivity index (χ4v) is 4.32. The molecule has 3 aromatic rings. The van der Waals surface area contributed by atoms with Gasteiger partial charge in [-0.3, -0.25) is 9.69 Å². The van der Waals surface area contributed by atoms with E-state index in [2.05, 4.69) is 78.8 Å². The fraction of sp³-hybridized carbons (Fsp3) is 0.292. The lowest BCUT2D eigenvalue weighted by Crippen LogP contribution is -2.37. The predicted molar refractivity (Wildman–Crippen MR) is 111 cm³/mol. The largest absolute Gasteiger partial charge is 0.348 e. The van der Waals surface area contributed by atoms with E-state index in [-0.39, 0.29) is 11.9 Å². The van der Waals surface area contributed by atoms with Gasteiger partial charge in [-0.15, -0.1) is 0 Å². The topological polar surface area (TPSA) is 32.3 Å². The number of fused-ring (bicyclic) bond motifs is 2. The van der Waals surface area contributed by atoms with Crippen LogP contribution in [0.25, 0.3) is 10.8 Å². The number of rotatable bonds is 5. The van der Waals surface area contributed by atoms with Gasteiger partial charge < -0.3 is 5.32 Å². The lowest BCUT2D eigenvalue weighted by Gasteiger charge is -2.25. The molecule has 2 unspecified atom stereocenters. The van der Waals surface area contributed by atoms with Gasteiger partial charge in [0.2, 0.25) is 5.91 Å². The maximum atomic E-state index is 12.7. The normalized spacial score (nSPS) is 17.1. The molecule has 2 atom stereocenters. The first-order chi connectivity index (χ1) is 13.1. The Labute approximate surface area is 161 Å². The molecule has 3 aromatic carbocycles. The van der Waals surface area contributed by atoms with Crippen molar-refractivity contribution in [1.82, 2.24) is 10.2 Å². The zero-order chi connectivity index (χ0) is 18.8. The van der Waals surface area contributed by atoms with Crippen molar-refractivity contribution in [2.75, 3.05) is 13.6 Å². The summed E-state index contributed by atoms with van der Waals surface area (Å²) in [6.07, 6.45) is 2.18. The molecule has 1 aliphatic carbocycles.